The molecule has 0 N–H and O–H groups in total. The summed E-state index contributed by atoms with van der Waals surface area (Å²) < 4.78 is 36.4. The minimum absolute atomic E-state index is 0.211. The normalized spacial score (nSPS) is 17.9. The first-order chi connectivity index (χ1) is 16.3. The molecule has 0 aliphatic carbocycles. The number of piperidine rings is 1. The Labute approximate surface area is 204 Å². The lowest BCUT2D eigenvalue weighted by Gasteiger charge is -2.30. The summed E-state index contributed by atoms with van der Waals surface area (Å²) in [5.74, 6) is 0.729. The summed E-state index contributed by atoms with van der Waals surface area (Å²) in [5.41, 5.74) is 1.30. The quantitative estimate of drug-likeness (QED) is 0.471. The number of fused-ring (bicyclic) bond motifs is 1. The molecule has 1 fully saturated rings. The topological polar surface area (TPSA) is 81.0 Å². The number of amides is 1. The molecule has 1 unspecified atom stereocenters. The maximum Gasteiger partial charge on any atom is 0.279 e. The van der Waals surface area contributed by atoms with Crippen LogP contribution in [0.3, 0.4) is 0 Å². The van der Waals surface area contributed by atoms with Crippen LogP contribution in [0.5, 0.6) is 5.75 Å². The van der Waals surface area contributed by atoms with Gasteiger partial charge in [-0.25, -0.2) is 8.42 Å². The predicted molar refractivity (Wildman–Crippen MR) is 135 cm³/mol. The SMILES string of the molecule is CCCn1c(=NC(=O)c2ccc(S(=O)(=O)N3CCCC(C)C3)cc2)sc2cccc(OCC)c21. The minimum atomic E-state index is -3.56. The zero-order chi connectivity index (χ0) is 24.3. The number of carbonyl (C=O) groups excluding carboxylic acids is 1. The van der Waals surface area contributed by atoms with Crippen molar-refractivity contribution in [2.45, 2.75) is 51.5 Å². The first-order valence-electron chi connectivity index (χ1n) is 11.8. The highest BCUT2D eigenvalue weighted by Gasteiger charge is 2.28. The molecule has 0 bridgehead atoms. The van der Waals surface area contributed by atoms with Crippen molar-refractivity contribution in [3.05, 3.63) is 52.8 Å². The Morgan fingerprint density at radius 3 is 2.62 bits per heavy atom. The van der Waals surface area contributed by atoms with Crippen LogP contribution in [0.4, 0.5) is 0 Å². The monoisotopic (exact) mass is 501 g/mol. The van der Waals surface area contributed by atoms with E-state index >= 15 is 0 Å². The molecule has 1 aliphatic heterocycles. The van der Waals surface area contributed by atoms with Gasteiger partial charge in [-0.15, -0.1) is 0 Å². The van der Waals surface area contributed by atoms with Crippen molar-refractivity contribution in [3.8, 4) is 5.75 Å². The highest BCUT2D eigenvalue weighted by Crippen LogP contribution is 2.28. The van der Waals surface area contributed by atoms with Gasteiger partial charge >= 0.3 is 0 Å². The zero-order valence-electron chi connectivity index (χ0n) is 19.9. The number of nitrogens with zero attached hydrogens (tertiary/aromatic N) is 3. The van der Waals surface area contributed by atoms with Crippen LogP contribution in [0.1, 0.15) is 50.4 Å². The van der Waals surface area contributed by atoms with Gasteiger partial charge < -0.3 is 9.30 Å². The number of benzene rings is 2. The predicted octanol–water partition coefficient (Wildman–Crippen LogP) is 4.67. The number of rotatable bonds is 7. The molecule has 1 aliphatic rings. The van der Waals surface area contributed by atoms with Gasteiger partial charge in [0.2, 0.25) is 10.0 Å². The lowest BCUT2D eigenvalue weighted by molar-refractivity contribution is 0.0997. The van der Waals surface area contributed by atoms with E-state index in [-0.39, 0.29) is 4.90 Å². The van der Waals surface area contributed by atoms with Gasteiger partial charge in [0.1, 0.15) is 11.3 Å². The maximum absolute atomic E-state index is 13.0. The first kappa shape index (κ1) is 24.6. The third kappa shape index (κ3) is 4.96. The fourth-order valence-corrected chi connectivity index (χ4v) is 6.99. The standard InChI is InChI=1S/C25H31N3O4S2/c1-4-15-28-23-21(32-5-2)9-6-10-22(23)33-25(28)26-24(29)19-11-13-20(14-12-19)34(30,31)27-16-7-8-18(3)17-27/h6,9-14,18H,4-5,7-8,15-17H2,1-3H3. The van der Waals surface area contributed by atoms with Crippen LogP contribution >= 0.6 is 11.3 Å². The van der Waals surface area contributed by atoms with Crippen LogP contribution in [-0.2, 0) is 16.6 Å². The molecule has 182 valence electrons. The summed E-state index contributed by atoms with van der Waals surface area (Å²) in [7, 11) is -3.56. The van der Waals surface area contributed by atoms with Gasteiger partial charge in [0.15, 0.2) is 4.80 Å². The maximum atomic E-state index is 13.0. The smallest absolute Gasteiger partial charge is 0.279 e. The Hall–Kier alpha value is -2.49. The van der Waals surface area contributed by atoms with Gasteiger partial charge in [-0.3, -0.25) is 4.79 Å². The molecule has 3 aromatic rings. The van der Waals surface area contributed by atoms with Gasteiger partial charge in [-0.2, -0.15) is 9.30 Å². The Balaban J connectivity index is 1.66. The molecular weight excluding hydrogens is 470 g/mol. The number of carbonyl (C=O) groups is 1. The molecule has 4 rings (SSSR count). The number of hydrogen-bond acceptors (Lipinski definition) is 5. The number of aryl methyl sites for hydroxylation is 1. The molecule has 0 saturated carbocycles. The molecule has 0 radical (unpaired) electrons. The van der Waals surface area contributed by atoms with Crippen LogP contribution in [0.15, 0.2) is 52.4 Å². The van der Waals surface area contributed by atoms with Gasteiger partial charge in [0, 0.05) is 25.2 Å². The highest BCUT2D eigenvalue weighted by molar-refractivity contribution is 7.89. The van der Waals surface area contributed by atoms with Crippen LogP contribution < -0.4 is 9.54 Å². The van der Waals surface area contributed by atoms with E-state index in [0.29, 0.717) is 42.5 Å². The van der Waals surface area contributed by atoms with Crippen LogP contribution in [0.2, 0.25) is 0 Å². The van der Waals surface area contributed by atoms with Crippen LogP contribution in [0.25, 0.3) is 10.2 Å². The number of hydrogen-bond donors (Lipinski definition) is 0. The largest absolute Gasteiger partial charge is 0.492 e. The Kier molecular flexibility index (Phi) is 7.54. The van der Waals surface area contributed by atoms with Gasteiger partial charge in [0.25, 0.3) is 5.91 Å². The fraction of sp³-hybridized carbons (Fsp3) is 0.440. The number of aromatic nitrogens is 1. The second-order valence-corrected chi connectivity index (χ2v) is 11.6. The molecule has 1 amide bonds. The van der Waals surface area contributed by atoms with Gasteiger partial charge in [-0.1, -0.05) is 31.3 Å². The number of para-hydroxylation sites is 1. The van der Waals surface area contributed by atoms with Crippen LogP contribution in [0, 0.1) is 5.92 Å². The lowest BCUT2D eigenvalue weighted by Crippen LogP contribution is -2.39. The van der Waals surface area contributed by atoms with Crippen molar-refractivity contribution >= 4 is 37.5 Å². The summed E-state index contributed by atoms with van der Waals surface area (Å²) in [6.45, 7) is 8.43. The number of ether oxygens (including phenoxy) is 1. The molecular formula is C25H31N3O4S2. The van der Waals surface area contributed by atoms with Gasteiger partial charge in [-0.05, 0) is 68.5 Å². The average Bonchev–Trinajstić information content (AvgIpc) is 3.17. The van der Waals surface area contributed by atoms with E-state index in [1.165, 1.54) is 23.5 Å². The third-order valence-electron chi connectivity index (χ3n) is 5.97. The van der Waals surface area contributed by atoms with Crippen LogP contribution in [-0.4, -0.2) is 42.9 Å². The average molecular weight is 502 g/mol. The molecule has 2 heterocycles. The summed E-state index contributed by atoms with van der Waals surface area (Å²) in [6.07, 6.45) is 2.80. The van der Waals surface area contributed by atoms with E-state index in [2.05, 4.69) is 18.8 Å². The van der Waals surface area contributed by atoms with Crippen molar-refractivity contribution in [3.63, 3.8) is 0 Å². The Bertz CT molecular complexity index is 1340. The van der Waals surface area contributed by atoms with E-state index in [4.69, 9.17) is 4.74 Å². The second-order valence-electron chi connectivity index (χ2n) is 8.62. The number of thiazole rings is 1. The van der Waals surface area contributed by atoms with E-state index in [1.807, 2.05) is 29.7 Å². The number of sulfonamides is 1. The molecule has 9 heteroatoms. The summed E-state index contributed by atoms with van der Waals surface area (Å²) >= 11 is 1.45. The van der Waals surface area contributed by atoms with Gasteiger partial charge in [0.05, 0.1) is 16.2 Å². The Morgan fingerprint density at radius 2 is 1.94 bits per heavy atom. The minimum Gasteiger partial charge on any atom is -0.492 e. The van der Waals surface area contributed by atoms with Crippen molar-refractivity contribution in [2.75, 3.05) is 19.7 Å². The highest BCUT2D eigenvalue weighted by atomic mass is 32.2. The fourth-order valence-electron chi connectivity index (χ4n) is 4.32. The first-order valence-corrected chi connectivity index (χ1v) is 14.0. The molecule has 1 atom stereocenters. The van der Waals surface area contributed by atoms with Crippen molar-refractivity contribution in [1.82, 2.24) is 8.87 Å². The van der Waals surface area contributed by atoms with Crippen molar-refractivity contribution in [1.29, 1.82) is 0 Å². The van der Waals surface area contributed by atoms with E-state index < -0.39 is 15.9 Å². The van der Waals surface area contributed by atoms with E-state index in [9.17, 15) is 13.2 Å². The summed E-state index contributed by atoms with van der Waals surface area (Å²) in [4.78, 5) is 18.2. The summed E-state index contributed by atoms with van der Waals surface area (Å²) in [6, 6.07) is 12.0. The molecule has 2 aromatic carbocycles. The van der Waals surface area contributed by atoms with Crippen molar-refractivity contribution in [2.24, 2.45) is 10.9 Å². The zero-order valence-corrected chi connectivity index (χ0v) is 21.5. The van der Waals surface area contributed by atoms with Crippen molar-refractivity contribution < 1.29 is 17.9 Å². The Morgan fingerprint density at radius 1 is 1.18 bits per heavy atom. The molecule has 7 nitrogen and oxygen atoms in total. The molecule has 1 aromatic heterocycles. The van der Waals surface area contributed by atoms with E-state index in [1.54, 1.807) is 16.4 Å². The summed E-state index contributed by atoms with van der Waals surface area (Å²) in [5, 5.41) is 0. The second kappa shape index (κ2) is 10.4. The lowest BCUT2D eigenvalue weighted by atomic mass is 10.0. The van der Waals surface area contributed by atoms with E-state index in [0.717, 1.165) is 35.2 Å². The third-order valence-corrected chi connectivity index (χ3v) is 8.89. The molecule has 1 saturated heterocycles. The molecule has 34 heavy (non-hydrogen) atoms. The molecule has 0 spiro atoms.